The first-order valence-electron chi connectivity index (χ1n) is 5.14. The highest BCUT2D eigenvalue weighted by Crippen LogP contribution is 2.29. The normalized spacial score (nSPS) is 12.1. The third-order valence-corrected chi connectivity index (χ3v) is 2.39. The van der Waals surface area contributed by atoms with Crippen molar-refractivity contribution >= 4 is 0 Å². The van der Waals surface area contributed by atoms with Gasteiger partial charge in [0.25, 0.3) is 0 Å². The fourth-order valence-corrected chi connectivity index (χ4v) is 1.60. The van der Waals surface area contributed by atoms with E-state index in [4.69, 9.17) is 9.68 Å². The Morgan fingerprint density at radius 1 is 1.31 bits per heavy atom. The van der Waals surface area contributed by atoms with Crippen LogP contribution in [0.1, 0.15) is 24.5 Å². The van der Waals surface area contributed by atoms with Gasteiger partial charge < -0.3 is 4.42 Å². The molecule has 0 aliphatic rings. The van der Waals surface area contributed by atoms with Crippen LogP contribution in [-0.2, 0) is 0 Å². The Labute approximate surface area is 94.4 Å². The van der Waals surface area contributed by atoms with E-state index in [1.165, 1.54) is 0 Å². The molecule has 3 nitrogen and oxygen atoms in total. The molecule has 0 saturated heterocycles. The van der Waals surface area contributed by atoms with Crippen LogP contribution in [0.25, 0.3) is 11.3 Å². The first-order chi connectivity index (χ1) is 7.72. The lowest BCUT2D eigenvalue weighted by atomic mass is 10.0. The molecular weight excluding hydrogens is 200 g/mol. The second kappa shape index (κ2) is 4.19. The van der Waals surface area contributed by atoms with Crippen LogP contribution in [0.2, 0.25) is 0 Å². The maximum absolute atomic E-state index is 8.93. The Kier molecular flexibility index (Phi) is 2.74. The number of oxazole rings is 1. The lowest BCUT2D eigenvalue weighted by Gasteiger charge is -2.01. The summed E-state index contributed by atoms with van der Waals surface area (Å²) in [5.41, 5.74) is 1.75. The highest BCUT2D eigenvalue weighted by Gasteiger charge is 2.18. The van der Waals surface area contributed by atoms with E-state index in [1.807, 2.05) is 37.3 Å². The number of aromatic nitrogens is 1. The summed E-state index contributed by atoms with van der Waals surface area (Å²) < 4.78 is 5.49. The third-order valence-electron chi connectivity index (χ3n) is 2.39. The second-order valence-corrected chi connectivity index (χ2v) is 3.66. The summed E-state index contributed by atoms with van der Waals surface area (Å²) in [5.74, 6) is 0.957. The van der Waals surface area contributed by atoms with E-state index < -0.39 is 0 Å². The Morgan fingerprint density at radius 3 is 2.62 bits per heavy atom. The van der Waals surface area contributed by atoms with Crippen LogP contribution < -0.4 is 0 Å². The molecule has 0 spiro atoms. The van der Waals surface area contributed by atoms with Crippen molar-refractivity contribution in [2.75, 3.05) is 0 Å². The number of rotatable bonds is 2. The van der Waals surface area contributed by atoms with Gasteiger partial charge in [0.2, 0.25) is 0 Å². The zero-order valence-corrected chi connectivity index (χ0v) is 9.27. The van der Waals surface area contributed by atoms with Gasteiger partial charge in [-0.05, 0) is 6.92 Å². The van der Waals surface area contributed by atoms with Crippen molar-refractivity contribution < 1.29 is 4.42 Å². The summed E-state index contributed by atoms with van der Waals surface area (Å²) in [6.07, 6.45) is 0. The van der Waals surface area contributed by atoms with Crippen molar-refractivity contribution in [1.29, 1.82) is 5.26 Å². The summed E-state index contributed by atoms with van der Waals surface area (Å²) in [6.45, 7) is 3.60. The summed E-state index contributed by atoms with van der Waals surface area (Å²) >= 11 is 0. The molecule has 1 aromatic carbocycles. The minimum atomic E-state index is -0.281. The van der Waals surface area contributed by atoms with E-state index in [2.05, 4.69) is 11.1 Å². The average molecular weight is 212 g/mol. The molecule has 0 N–H and O–H groups in total. The summed E-state index contributed by atoms with van der Waals surface area (Å²) in [4.78, 5) is 4.33. The molecule has 0 fully saturated rings. The topological polar surface area (TPSA) is 49.8 Å². The molecule has 0 amide bonds. The Balaban J connectivity index is 2.54. The van der Waals surface area contributed by atoms with E-state index in [0.717, 1.165) is 11.3 Å². The van der Waals surface area contributed by atoms with Gasteiger partial charge in [0.1, 0.15) is 17.4 Å². The molecule has 2 aromatic rings. The fraction of sp³-hybridized carbons (Fsp3) is 0.231. The first-order valence-corrected chi connectivity index (χ1v) is 5.14. The molecule has 3 heteroatoms. The number of hydrogen-bond donors (Lipinski definition) is 0. The second-order valence-electron chi connectivity index (χ2n) is 3.66. The van der Waals surface area contributed by atoms with Crippen LogP contribution in [0, 0.1) is 18.3 Å². The summed E-state index contributed by atoms with van der Waals surface area (Å²) in [7, 11) is 0. The zero-order valence-electron chi connectivity index (χ0n) is 9.27. The van der Waals surface area contributed by atoms with Crippen LogP contribution in [0.15, 0.2) is 34.7 Å². The standard InChI is InChI=1S/C13H12N2O/c1-9(8-14)13-12(15-10(2)16-13)11-6-4-3-5-7-11/h3-7,9H,1-2H3. The number of benzene rings is 1. The monoisotopic (exact) mass is 212 g/mol. The van der Waals surface area contributed by atoms with Gasteiger partial charge in [-0.25, -0.2) is 4.98 Å². The Morgan fingerprint density at radius 2 is 2.00 bits per heavy atom. The van der Waals surface area contributed by atoms with E-state index in [1.54, 1.807) is 6.92 Å². The van der Waals surface area contributed by atoms with Gasteiger partial charge in [0.05, 0.1) is 6.07 Å². The Bertz CT molecular complexity index is 523. The van der Waals surface area contributed by atoms with Crippen molar-refractivity contribution in [2.24, 2.45) is 0 Å². The van der Waals surface area contributed by atoms with Gasteiger partial charge in [-0.2, -0.15) is 5.26 Å². The smallest absolute Gasteiger partial charge is 0.191 e. The van der Waals surface area contributed by atoms with E-state index in [9.17, 15) is 0 Å². The zero-order chi connectivity index (χ0) is 11.5. The van der Waals surface area contributed by atoms with Crippen LogP contribution in [0.4, 0.5) is 0 Å². The number of nitriles is 1. The molecule has 1 heterocycles. The van der Waals surface area contributed by atoms with Gasteiger partial charge in [-0.3, -0.25) is 0 Å². The molecule has 0 aliphatic carbocycles. The number of hydrogen-bond acceptors (Lipinski definition) is 3. The molecule has 0 bridgehead atoms. The fourth-order valence-electron chi connectivity index (χ4n) is 1.60. The van der Waals surface area contributed by atoms with E-state index >= 15 is 0 Å². The molecular formula is C13H12N2O. The summed E-state index contributed by atoms with van der Waals surface area (Å²) in [6, 6.07) is 11.9. The minimum Gasteiger partial charge on any atom is -0.444 e. The van der Waals surface area contributed by atoms with Crippen molar-refractivity contribution in [3.05, 3.63) is 42.0 Å². The molecule has 2 rings (SSSR count). The molecule has 16 heavy (non-hydrogen) atoms. The first kappa shape index (κ1) is 10.4. The van der Waals surface area contributed by atoms with Crippen molar-refractivity contribution in [2.45, 2.75) is 19.8 Å². The lowest BCUT2D eigenvalue weighted by molar-refractivity contribution is 0.469. The maximum atomic E-state index is 8.93. The van der Waals surface area contributed by atoms with Crippen molar-refractivity contribution in [3.8, 4) is 17.3 Å². The molecule has 1 aromatic heterocycles. The van der Waals surface area contributed by atoms with Gasteiger partial charge in [-0.1, -0.05) is 30.3 Å². The quantitative estimate of drug-likeness (QED) is 0.767. The number of aryl methyl sites for hydroxylation is 1. The molecule has 0 aliphatic heterocycles. The average Bonchev–Trinajstić information content (AvgIpc) is 2.71. The highest BCUT2D eigenvalue weighted by molar-refractivity contribution is 5.62. The molecule has 0 saturated carbocycles. The molecule has 80 valence electrons. The minimum absolute atomic E-state index is 0.281. The highest BCUT2D eigenvalue weighted by atomic mass is 16.4. The summed E-state index contributed by atoms with van der Waals surface area (Å²) in [5, 5.41) is 8.93. The van der Waals surface area contributed by atoms with Crippen LogP contribution in [0.5, 0.6) is 0 Å². The SMILES string of the molecule is Cc1nc(-c2ccccc2)c(C(C)C#N)o1. The molecule has 0 radical (unpaired) electrons. The van der Waals surface area contributed by atoms with E-state index in [0.29, 0.717) is 11.7 Å². The van der Waals surface area contributed by atoms with Crippen LogP contribution in [0.3, 0.4) is 0 Å². The maximum Gasteiger partial charge on any atom is 0.191 e. The van der Waals surface area contributed by atoms with Crippen molar-refractivity contribution in [1.82, 2.24) is 4.98 Å². The Hall–Kier alpha value is -2.08. The third kappa shape index (κ3) is 1.82. The largest absolute Gasteiger partial charge is 0.444 e. The van der Waals surface area contributed by atoms with Gasteiger partial charge in [0.15, 0.2) is 5.89 Å². The van der Waals surface area contributed by atoms with Gasteiger partial charge in [0, 0.05) is 12.5 Å². The molecule has 1 unspecified atom stereocenters. The van der Waals surface area contributed by atoms with Gasteiger partial charge >= 0.3 is 0 Å². The predicted molar refractivity (Wildman–Crippen MR) is 60.7 cm³/mol. The van der Waals surface area contributed by atoms with Gasteiger partial charge in [-0.15, -0.1) is 0 Å². The van der Waals surface area contributed by atoms with E-state index in [-0.39, 0.29) is 5.92 Å². The van der Waals surface area contributed by atoms with Crippen LogP contribution >= 0.6 is 0 Å². The number of nitrogens with zero attached hydrogens (tertiary/aromatic N) is 2. The van der Waals surface area contributed by atoms with Crippen LogP contribution in [-0.4, -0.2) is 4.98 Å². The predicted octanol–water partition coefficient (Wildman–Crippen LogP) is 3.28. The van der Waals surface area contributed by atoms with Crippen molar-refractivity contribution in [3.63, 3.8) is 0 Å². The lowest BCUT2D eigenvalue weighted by Crippen LogP contribution is -1.90. The molecule has 1 atom stereocenters.